The molecular weight excluding hydrogens is 326 g/mol. The number of ether oxygens (including phenoxy) is 1. The summed E-state index contributed by atoms with van der Waals surface area (Å²) in [5, 5.41) is 3.83. The summed E-state index contributed by atoms with van der Waals surface area (Å²) in [5.41, 5.74) is 1.29. The summed E-state index contributed by atoms with van der Waals surface area (Å²) >= 11 is 6.05. The number of piperazine rings is 1. The van der Waals surface area contributed by atoms with E-state index in [1.54, 1.807) is 4.90 Å². The molecule has 2 saturated heterocycles. The Bertz CT molecular complexity index is 541. The zero-order chi connectivity index (χ0) is 16.8. The molecule has 2 aliphatic heterocycles. The van der Waals surface area contributed by atoms with Crippen molar-refractivity contribution in [3.63, 3.8) is 0 Å². The molecule has 1 atom stereocenters. The van der Waals surface area contributed by atoms with Gasteiger partial charge in [0.1, 0.15) is 32.7 Å². The van der Waals surface area contributed by atoms with Crippen molar-refractivity contribution in [3.05, 3.63) is 34.9 Å². The summed E-state index contributed by atoms with van der Waals surface area (Å²) in [5.74, 6) is 0.152. The summed E-state index contributed by atoms with van der Waals surface area (Å²) in [6.07, 6.45) is 2.41. The third-order valence-corrected chi connectivity index (χ3v) is 5.20. The molecule has 3 rings (SSSR count). The van der Waals surface area contributed by atoms with Crippen LogP contribution in [0.5, 0.6) is 0 Å². The maximum absolute atomic E-state index is 12.1. The highest BCUT2D eigenvalue weighted by atomic mass is 35.5. The van der Waals surface area contributed by atoms with Gasteiger partial charge in [-0.2, -0.15) is 0 Å². The minimum absolute atomic E-state index is 0.152. The average molecular weight is 354 g/mol. The molecule has 2 fully saturated rings. The fourth-order valence-corrected chi connectivity index (χ4v) is 3.78. The summed E-state index contributed by atoms with van der Waals surface area (Å²) in [6.45, 7) is 7.38. The van der Waals surface area contributed by atoms with Gasteiger partial charge in [0, 0.05) is 23.7 Å². The van der Waals surface area contributed by atoms with Crippen LogP contribution in [0.25, 0.3) is 0 Å². The zero-order valence-electron chi connectivity index (χ0n) is 14.2. The predicted octanol–water partition coefficient (Wildman–Crippen LogP) is -1.08. The fourth-order valence-electron chi connectivity index (χ4n) is 3.57. The normalized spacial score (nSPS) is 27.1. The molecule has 1 amide bonds. The number of benzene rings is 1. The van der Waals surface area contributed by atoms with E-state index in [4.69, 9.17) is 16.3 Å². The van der Waals surface area contributed by atoms with E-state index in [2.05, 4.69) is 11.4 Å². The van der Waals surface area contributed by atoms with Crippen molar-refractivity contribution in [2.45, 2.75) is 25.5 Å². The lowest BCUT2D eigenvalue weighted by molar-refractivity contribution is -1.02. The second-order valence-corrected chi connectivity index (χ2v) is 7.36. The maximum atomic E-state index is 12.1. The number of carbonyl (C=O) groups excluding carboxylic acids is 1. The Morgan fingerprint density at radius 1 is 1.25 bits per heavy atom. The van der Waals surface area contributed by atoms with E-state index in [-0.39, 0.29) is 12.0 Å². The molecule has 3 N–H and O–H groups in total. The second kappa shape index (κ2) is 8.81. The first kappa shape index (κ1) is 17.7. The topological polar surface area (TPSA) is 47.2 Å². The lowest BCUT2D eigenvalue weighted by Crippen LogP contribution is -3.28. The van der Waals surface area contributed by atoms with Crippen molar-refractivity contribution in [3.8, 4) is 0 Å². The Balaban J connectivity index is 1.34. The van der Waals surface area contributed by atoms with Crippen molar-refractivity contribution in [1.29, 1.82) is 0 Å². The molecule has 1 aromatic carbocycles. The lowest BCUT2D eigenvalue weighted by Gasteiger charge is -2.29. The first-order chi connectivity index (χ1) is 11.7. The molecule has 132 valence electrons. The maximum Gasteiger partial charge on any atom is 0.275 e. The van der Waals surface area contributed by atoms with Crippen LogP contribution in [0.4, 0.5) is 0 Å². The van der Waals surface area contributed by atoms with Gasteiger partial charge in [0.2, 0.25) is 0 Å². The number of carbonyl (C=O) groups is 1. The van der Waals surface area contributed by atoms with Gasteiger partial charge in [-0.1, -0.05) is 23.7 Å². The van der Waals surface area contributed by atoms with E-state index in [0.29, 0.717) is 13.1 Å². The number of quaternary nitrogens is 2. The van der Waals surface area contributed by atoms with Gasteiger partial charge in [-0.25, -0.2) is 0 Å². The van der Waals surface area contributed by atoms with Crippen LogP contribution >= 0.6 is 11.6 Å². The van der Waals surface area contributed by atoms with Crippen LogP contribution in [0.2, 0.25) is 5.02 Å². The van der Waals surface area contributed by atoms with Crippen LogP contribution in [0.3, 0.4) is 0 Å². The van der Waals surface area contributed by atoms with Gasteiger partial charge in [-0.15, -0.1) is 0 Å². The molecule has 24 heavy (non-hydrogen) atoms. The number of amides is 1. The SMILES string of the molecule is O=C(C[NH+]1CC[NH+](Cc2cccc(Cl)c2)CC1)NC[C@H]1CCCO1. The molecule has 0 bridgehead atoms. The van der Waals surface area contributed by atoms with Gasteiger partial charge >= 0.3 is 0 Å². The van der Waals surface area contributed by atoms with Crippen molar-refractivity contribution >= 4 is 17.5 Å². The Hall–Kier alpha value is -1.14. The zero-order valence-corrected chi connectivity index (χ0v) is 14.9. The Morgan fingerprint density at radius 3 is 2.75 bits per heavy atom. The van der Waals surface area contributed by atoms with Gasteiger partial charge in [0.15, 0.2) is 6.54 Å². The largest absolute Gasteiger partial charge is 0.376 e. The highest BCUT2D eigenvalue weighted by molar-refractivity contribution is 6.30. The van der Waals surface area contributed by atoms with Gasteiger partial charge in [0.25, 0.3) is 5.91 Å². The van der Waals surface area contributed by atoms with Crippen LogP contribution in [-0.4, -0.2) is 57.9 Å². The summed E-state index contributed by atoms with van der Waals surface area (Å²) in [4.78, 5) is 15.0. The van der Waals surface area contributed by atoms with Crippen molar-refractivity contribution in [1.82, 2.24) is 5.32 Å². The smallest absolute Gasteiger partial charge is 0.275 e. The van der Waals surface area contributed by atoms with Crippen LogP contribution in [0.15, 0.2) is 24.3 Å². The van der Waals surface area contributed by atoms with E-state index >= 15 is 0 Å². The molecule has 1 aromatic rings. The predicted molar refractivity (Wildman–Crippen MR) is 93.4 cm³/mol. The summed E-state index contributed by atoms with van der Waals surface area (Å²) < 4.78 is 5.54. The third kappa shape index (κ3) is 5.45. The van der Waals surface area contributed by atoms with Crippen molar-refractivity contribution in [2.24, 2.45) is 0 Å². The monoisotopic (exact) mass is 353 g/mol. The number of nitrogens with one attached hydrogen (secondary N) is 3. The quantitative estimate of drug-likeness (QED) is 0.609. The number of hydrogen-bond donors (Lipinski definition) is 3. The minimum Gasteiger partial charge on any atom is -0.376 e. The van der Waals surface area contributed by atoms with E-state index in [0.717, 1.165) is 57.2 Å². The molecule has 0 unspecified atom stereocenters. The highest BCUT2D eigenvalue weighted by Gasteiger charge is 2.25. The van der Waals surface area contributed by atoms with E-state index in [1.165, 1.54) is 10.5 Å². The van der Waals surface area contributed by atoms with E-state index in [9.17, 15) is 4.79 Å². The Morgan fingerprint density at radius 2 is 2.04 bits per heavy atom. The van der Waals surface area contributed by atoms with Crippen molar-refractivity contribution in [2.75, 3.05) is 45.9 Å². The molecule has 2 heterocycles. The van der Waals surface area contributed by atoms with Gasteiger partial charge in [-0.3, -0.25) is 4.79 Å². The minimum atomic E-state index is 0.152. The Kier molecular flexibility index (Phi) is 6.49. The van der Waals surface area contributed by atoms with Crippen LogP contribution < -0.4 is 15.1 Å². The summed E-state index contributed by atoms with van der Waals surface area (Å²) in [7, 11) is 0. The summed E-state index contributed by atoms with van der Waals surface area (Å²) in [6, 6.07) is 8.11. The van der Waals surface area contributed by atoms with Gasteiger partial charge in [0.05, 0.1) is 6.10 Å². The number of halogens is 1. The molecule has 0 saturated carbocycles. The fraction of sp³-hybridized carbons (Fsp3) is 0.611. The second-order valence-electron chi connectivity index (χ2n) is 6.92. The first-order valence-corrected chi connectivity index (χ1v) is 9.37. The van der Waals surface area contributed by atoms with Gasteiger partial charge in [-0.05, 0) is 25.0 Å². The molecule has 0 radical (unpaired) electrons. The lowest BCUT2D eigenvalue weighted by atomic mass is 10.2. The Labute approximate surface area is 148 Å². The molecule has 2 aliphatic rings. The van der Waals surface area contributed by atoms with E-state index in [1.807, 2.05) is 18.2 Å². The molecule has 0 aromatic heterocycles. The number of rotatable bonds is 6. The molecule has 5 nitrogen and oxygen atoms in total. The molecular formula is C18H28ClN3O2+2. The van der Waals surface area contributed by atoms with E-state index < -0.39 is 0 Å². The first-order valence-electron chi connectivity index (χ1n) is 8.99. The average Bonchev–Trinajstić information content (AvgIpc) is 3.08. The van der Waals surface area contributed by atoms with Crippen molar-refractivity contribution < 1.29 is 19.3 Å². The van der Waals surface area contributed by atoms with Gasteiger partial charge < -0.3 is 19.9 Å². The third-order valence-electron chi connectivity index (χ3n) is 4.97. The highest BCUT2D eigenvalue weighted by Crippen LogP contribution is 2.10. The van der Waals surface area contributed by atoms with Crippen LogP contribution in [-0.2, 0) is 16.1 Å². The molecule has 6 heteroatoms. The van der Waals surface area contributed by atoms with Crippen LogP contribution in [0.1, 0.15) is 18.4 Å². The van der Waals surface area contributed by atoms with Crippen LogP contribution in [0, 0.1) is 0 Å². The number of hydrogen-bond acceptors (Lipinski definition) is 2. The standard InChI is InChI=1S/C18H26ClN3O2/c19-16-4-1-3-15(11-16)13-21-6-8-22(9-7-21)14-18(23)20-12-17-5-2-10-24-17/h1,3-4,11,17H,2,5-10,12-14H2,(H,20,23)/p+2/t17-/m1/s1. The molecule has 0 spiro atoms. The molecule has 0 aliphatic carbocycles.